The molecule has 7 heteroatoms. The Morgan fingerprint density at radius 3 is 2.69 bits per heavy atom. The number of carbonyl (C=O) groups is 1. The molecule has 1 N–H and O–H groups in total. The van der Waals surface area contributed by atoms with Gasteiger partial charge in [0, 0.05) is 6.54 Å². The molecule has 0 bridgehead atoms. The molecule has 1 aromatic heterocycles. The first-order chi connectivity index (χ1) is 12.6. The Kier molecular flexibility index (Phi) is 5.80. The number of hydrogen-bond acceptors (Lipinski definition) is 5. The number of hydrogen-bond donors (Lipinski definition) is 1. The Morgan fingerprint density at radius 2 is 1.92 bits per heavy atom. The molecule has 3 aromatic rings. The lowest BCUT2D eigenvalue weighted by Crippen LogP contribution is -2.27. The lowest BCUT2D eigenvalue weighted by Gasteiger charge is -2.06. The molecule has 26 heavy (non-hydrogen) atoms. The normalized spacial score (nSPS) is 10.5. The molecule has 2 aromatic carbocycles. The zero-order chi connectivity index (χ0) is 18.4. The number of amides is 1. The summed E-state index contributed by atoms with van der Waals surface area (Å²) in [6, 6.07) is 17.3. The summed E-state index contributed by atoms with van der Waals surface area (Å²) in [4.78, 5) is 12.2. The predicted octanol–water partition coefficient (Wildman–Crippen LogP) is 3.41. The van der Waals surface area contributed by atoms with E-state index in [1.165, 1.54) is 4.68 Å². The number of ether oxygens (including phenoxy) is 1. The molecule has 3 rings (SSSR count). The third-order valence-corrected chi connectivity index (χ3v) is 4.01. The van der Waals surface area contributed by atoms with Crippen LogP contribution in [0, 0.1) is 11.8 Å². The van der Waals surface area contributed by atoms with E-state index in [0.29, 0.717) is 12.4 Å². The molecule has 1 heterocycles. The van der Waals surface area contributed by atoms with Crippen LogP contribution in [0.5, 0.6) is 5.75 Å². The lowest BCUT2D eigenvalue weighted by molar-refractivity contribution is -0.122. The van der Waals surface area contributed by atoms with Crippen molar-refractivity contribution in [2.75, 3.05) is 0 Å². The second-order valence-corrected chi connectivity index (χ2v) is 6.09. The number of carbonyl (C=O) groups excluding carboxylic acids is 1. The Labute approximate surface area is 156 Å². The Balaban J connectivity index is 1.55. The number of para-hydroxylation sites is 1. The summed E-state index contributed by atoms with van der Waals surface area (Å²) in [6.45, 7) is 2.56. The van der Waals surface area contributed by atoms with Crippen LogP contribution in [0.4, 0.5) is 0 Å². The molecular weight excluding hydrogens is 350 g/mol. The minimum Gasteiger partial charge on any atom is -0.484 e. The van der Waals surface area contributed by atoms with Crippen molar-refractivity contribution in [3.05, 3.63) is 76.5 Å². The van der Waals surface area contributed by atoms with Gasteiger partial charge in [-0.05, 0) is 36.3 Å². The van der Waals surface area contributed by atoms with Crippen LogP contribution in [0.1, 0.15) is 17.0 Å². The smallest absolute Gasteiger partial charge is 0.287 e. The molecule has 0 fully saturated rings. The quantitative estimate of drug-likeness (QED) is 0.647. The topological polar surface area (TPSA) is 69.3 Å². The van der Waals surface area contributed by atoms with Gasteiger partial charge in [0.2, 0.25) is 5.91 Å². The molecule has 6 nitrogen and oxygen atoms in total. The van der Waals surface area contributed by atoms with Crippen LogP contribution in [0.2, 0.25) is 0 Å². The fraction of sp³-hybridized carbons (Fsp3) is 0.211. The van der Waals surface area contributed by atoms with E-state index in [0.717, 1.165) is 16.9 Å². The number of aromatic nitrogens is 2. The van der Waals surface area contributed by atoms with Gasteiger partial charge in [0.05, 0.1) is 0 Å². The van der Waals surface area contributed by atoms with Gasteiger partial charge < -0.3 is 14.5 Å². The van der Waals surface area contributed by atoms with E-state index in [9.17, 15) is 4.79 Å². The number of rotatable bonds is 7. The van der Waals surface area contributed by atoms with E-state index in [-0.39, 0.29) is 23.9 Å². The third-order valence-electron chi connectivity index (χ3n) is 3.72. The van der Waals surface area contributed by atoms with E-state index in [4.69, 9.17) is 21.4 Å². The van der Waals surface area contributed by atoms with Gasteiger partial charge in [0.25, 0.3) is 10.7 Å². The van der Waals surface area contributed by atoms with Gasteiger partial charge in [-0.25, -0.2) is 4.68 Å². The van der Waals surface area contributed by atoms with Crippen LogP contribution in [0.3, 0.4) is 0 Å². The Hall–Kier alpha value is -2.93. The number of benzene rings is 2. The van der Waals surface area contributed by atoms with E-state index < -0.39 is 0 Å². The highest BCUT2D eigenvalue weighted by Gasteiger charge is 2.10. The van der Waals surface area contributed by atoms with Crippen molar-refractivity contribution in [1.82, 2.24) is 15.1 Å². The fourth-order valence-electron chi connectivity index (χ4n) is 2.35. The highest BCUT2D eigenvalue weighted by atomic mass is 32.1. The van der Waals surface area contributed by atoms with Crippen LogP contribution in [0.25, 0.3) is 0 Å². The highest BCUT2D eigenvalue weighted by molar-refractivity contribution is 7.71. The van der Waals surface area contributed by atoms with E-state index >= 15 is 0 Å². The van der Waals surface area contributed by atoms with Crippen LogP contribution >= 0.6 is 12.2 Å². The third kappa shape index (κ3) is 4.80. The molecule has 0 aliphatic heterocycles. The van der Waals surface area contributed by atoms with E-state index in [2.05, 4.69) is 10.4 Å². The molecule has 134 valence electrons. The van der Waals surface area contributed by atoms with Gasteiger partial charge in [0.1, 0.15) is 12.3 Å². The number of aryl methyl sites for hydroxylation is 1. The fourth-order valence-corrected chi connectivity index (χ4v) is 2.56. The summed E-state index contributed by atoms with van der Waals surface area (Å²) < 4.78 is 12.4. The van der Waals surface area contributed by atoms with Gasteiger partial charge >= 0.3 is 0 Å². The maximum absolute atomic E-state index is 12.1. The average Bonchev–Trinajstić information content (AvgIpc) is 3.00. The monoisotopic (exact) mass is 369 g/mol. The first-order valence-electron chi connectivity index (χ1n) is 8.17. The molecule has 0 aliphatic rings. The number of nitrogens with zero attached hydrogens (tertiary/aromatic N) is 2. The molecule has 0 atom stereocenters. The minimum absolute atomic E-state index is 0.000465. The first kappa shape index (κ1) is 17.9. The highest BCUT2D eigenvalue weighted by Crippen LogP contribution is 2.17. The molecule has 0 unspecified atom stereocenters. The maximum atomic E-state index is 12.1. The second kappa shape index (κ2) is 8.44. The van der Waals surface area contributed by atoms with Gasteiger partial charge in [-0.3, -0.25) is 4.79 Å². The maximum Gasteiger partial charge on any atom is 0.287 e. The Morgan fingerprint density at radius 1 is 1.19 bits per heavy atom. The van der Waals surface area contributed by atoms with Crippen molar-refractivity contribution in [1.29, 1.82) is 0 Å². The van der Waals surface area contributed by atoms with Gasteiger partial charge in [-0.2, -0.15) is 0 Å². The van der Waals surface area contributed by atoms with Crippen molar-refractivity contribution in [3.63, 3.8) is 0 Å². The molecule has 1 amide bonds. The van der Waals surface area contributed by atoms with E-state index in [1.807, 2.05) is 61.5 Å². The van der Waals surface area contributed by atoms with Crippen molar-refractivity contribution >= 4 is 18.1 Å². The summed E-state index contributed by atoms with van der Waals surface area (Å²) >= 11 is 5.12. The predicted molar refractivity (Wildman–Crippen MR) is 99.1 cm³/mol. The van der Waals surface area contributed by atoms with Crippen LogP contribution in [-0.2, 0) is 24.5 Å². The number of nitrogens with one attached hydrogen (secondary N) is 1. The largest absolute Gasteiger partial charge is 0.484 e. The summed E-state index contributed by atoms with van der Waals surface area (Å²) in [5, 5.41) is 7.04. The van der Waals surface area contributed by atoms with Crippen LogP contribution in [-0.4, -0.2) is 15.7 Å². The second-order valence-electron chi connectivity index (χ2n) is 5.74. The molecular formula is C19H19N3O3S. The Bertz CT molecular complexity index is 934. The lowest BCUT2D eigenvalue weighted by atomic mass is 10.2. The van der Waals surface area contributed by atoms with Crippen molar-refractivity contribution in [2.45, 2.75) is 26.6 Å². The zero-order valence-electron chi connectivity index (χ0n) is 14.3. The summed E-state index contributed by atoms with van der Waals surface area (Å²) in [5.74, 6) is 0.891. The zero-order valence-corrected chi connectivity index (χ0v) is 15.2. The molecule has 0 saturated heterocycles. The van der Waals surface area contributed by atoms with Crippen LogP contribution < -0.4 is 10.1 Å². The van der Waals surface area contributed by atoms with Gasteiger partial charge in [0.15, 0.2) is 6.61 Å². The first-order valence-corrected chi connectivity index (χ1v) is 8.58. The van der Waals surface area contributed by atoms with E-state index in [1.54, 1.807) is 0 Å². The van der Waals surface area contributed by atoms with Crippen molar-refractivity contribution in [2.24, 2.45) is 0 Å². The molecule has 0 saturated carbocycles. The van der Waals surface area contributed by atoms with Crippen molar-refractivity contribution in [3.8, 4) is 5.75 Å². The standard InChI is InChI=1S/C19H19N3O3S/c1-14-7-5-6-10-16(14)24-13-18-21-22(19(26)25-18)12-17(23)20-11-15-8-3-2-4-9-15/h2-10H,11-13H2,1H3,(H,20,23). The van der Waals surface area contributed by atoms with Crippen molar-refractivity contribution < 1.29 is 13.9 Å². The summed E-state index contributed by atoms with van der Waals surface area (Å²) in [7, 11) is 0. The average molecular weight is 369 g/mol. The van der Waals surface area contributed by atoms with Gasteiger partial charge in [-0.15, -0.1) is 5.10 Å². The summed E-state index contributed by atoms with van der Waals surface area (Å²) in [6.07, 6.45) is 0. The molecule has 0 aliphatic carbocycles. The van der Waals surface area contributed by atoms with Crippen LogP contribution in [0.15, 0.2) is 59.0 Å². The minimum atomic E-state index is -0.190. The van der Waals surface area contributed by atoms with Gasteiger partial charge in [-0.1, -0.05) is 48.5 Å². The molecule has 0 radical (unpaired) electrons. The summed E-state index contributed by atoms with van der Waals surface area (Å²) in [5.41, 5.74) is 2.04. The molecule has 0 spiro atoms. The SMILES string of the molecule is Cc1ccccc1OCc1nn(CC(=O)NCc2ccccc2)c(=S)o1.